The third kappa shape index (κ3) is 16.5. The maximum absolute atomic E-state index is 12.1. The molecule has 0 saturated heterocycles. The van der Waals surface area contributed by atoms with Crippen LogP contribution in [0.3, 0.4) is 0 Å². The predicted molar refractivity (Wildman–Crippen MR) is 126 cm³/mol. The van der Waals surface area contributed by atoms with Gasteiger partial charge in [-0.2, -0.15) is 0 Å². The van der Waals surface area contributed by atoms with Crippen LogP contribution in [0.4, 0.5) is 0 Å². The fraction of sp³-hybridized carbons (Fsp3) is 0.650. The molecule has 39 heavy (non-hydrogen) atoms. The fourth-order valence-corrected chi connectivity index (χ4v) is 3.09. The van der Waals surface area contributed by atoms with Gasteiger partial charge in [-0.25, -0.2) is 9.59 Å². The van der Waals surface area contributed by atoms with Crippen LogP contribution in [-0.2, 0) is 33.6 Å². The lowest BCUT2D eigenvalue weighted by Crippen LogP contribution is -2.50. The summed E-state index contributed by atoms with van der Waals surface area (Å²) in [6, 6.07) is -3.23. The van der Waals surface area contributed by atoms with E-state index in [1.165, 1.54) is 4.90 Å². The highest BCUT2D eigenvalue weighted by molar-refractivity contribution is 5.85. The molecule has 9 N–H and O–H groups in total. The molecule has 0 aliphatic rings. The summed E-state index contributed by atoms with van der Waals surface area (Å²) < 4.78 is 0. The first-order valence-electron chi connectivity index (χ1n) is 11.3. The van der Waals surface area contributed by atoms with Crippen LogP contribution >= 0.6 is 0 Å². The number of hydrogen-bond donors (Lipinski definition) is 9. The van der Waals surface area contributed by atoms with Gasteiger partial charge in [-0.1, -0.05) is 0 Å². The van der Waals surface area contributed by atoms with Gasteiger partial charge in [0.15, 0.2) is 0 Å². The van der Waals surface area contributed by atoms with Gasteiger partial charge < -0.3 is 46.4 Å². The molecule has 2 unspecified atom stereocenters. The summed E-state index contributed by atoms with van der Waals surface area (Å²) >= 11 is 0. The smallest absolute Gasteiger partial charge is 0.328 e. The van der Waals surface area contributed by atoms with E-state index in [0.717, 1.165) is 9.80 Å². The molecule has 0 fully saturated rings. The minimum absolute atomic E-state index is 0.145. The van der Waals surface area contributed by atoms with E-state index in [9.17, 15) is 38.7 Å². The Balaban J connectivity index is 5.32. The molecule has 0 aromatic rings. The number of aliphatic hydroxyl groups excluding tert-OH is 2. The zero-order chi connectivity index (χ0) is 30.1. The van der Waals surface area contributed by atoms with Gasteiger partial charge >= 0.3 is 29.8 Å². The van der Waals surface area contributed by atoms with Crippen LogP contribution in [0, 0.1) is 0 Å². The summed E-state index contributed by atoms with van der Waals surface area (Å²) in [4.78, 5) is 83.2. The number of carbonyl (C=O) groups is 7. The lowest BCUT2D eigenvalue weighted by Gasteiger charge is -2.28. The third-order valence-corrected chi connectivity index (χ3v) is 4.91. The summed E-state index contributed by atoms with van der Waals surface area (Å²) in [7, 11) is 0. The zero-order valence-corrected chi connectivity index (χ0v) is 20.8. The first kappa shape index (κ1) is 35.1. The van der Waals surface area contributed by atoms with Crippen molar-refractivity contribution in [2.75, 3.05) is 72.1 Å². The Kier molecular flexibility index (Phi) is 16.5. The summed E-state index contributed by atoms with van der Waals surface area (Å²) in [5.74, 6) is -8.83. The van der Waals surface area contributed by atoms with E-state index in [2.05, 4.69) is 0 Å². The van der Waals surface area contributed by atoms with Crippen molar-refractivity contribution >= 4 is 41.7 Å². The number of hydrogen-bond acceptors (Lipinski definition) is 12. The number of carboxylic acid groups (broad SMARTS) is 5. The van der Waals surface area contributed by atoms with E-state index in [1.807, 2.05) is 10.6 Å². The van der Waals surface area contributed by atoms with Crippen molar-refractivity contribution in [1.29, 1.82) is 0 Å². The molecule has 2 amide bonds. The average Bonchev–Trinajstić information content (AvgIpc) is 2.80. The quantitative estimate of drug-likeness (QED) is 0.0588. The van der Waals surface area contributed by atoms with E-state index < -0.39 is 99.7 Å². The van der Waals surface area contributed by atoms with Crippen molar-refractivity contribution in [1.82, 2.24) is 25.3 Å². The maximum atomic E-state index is 12.1. The van der Waals surface area contributed by atoms with Gasteiger partial charge in [0.05, 0.1) is 45.9 Å². The topological polar surface area (TPSA) is 295 Å². The zero-order valence-electron chi connectivity index (χ0n) is 20.8. The van der Waals surface area contributed by atoms with E-state index >= 15 is 0 Å². The van der Waals surface area contributed by atoms with Crippen LogP contribution in [-0.4, -0.2) is 176 Å². The first-order valence-corrected chi connectivity index (χ1v) is 11.3. The minimum Gasteiger partial charge on any atom is -0.480 e. The molecule has 0 spiro atoms. The molecule has 0 aliphatic carbocycles. The van der Waals surface area contributed by atoms with Crippen LogP contribution in [0.25, 0.3) is 0 Å². The van der Waals surface area contributed by atoms with Crippen molar-refractivity contribution < 1.29 is 69.3 Å². The molecule has 0 aromatic heterocycles. The molecule has 0 bridgehead atoms. The Bertz CT molecular complexity index is 823. The average molecular weight is 568 g/mol. The van der Waals surface area contributed by atoms with Gasteiger partial charge in [0.25, 0.3) is 0 Å². The van der Waals surface area contributed by atoms with Gasteiger partial charge in [0.2, 0.25) is 11.8 Å². The van der Waals surface area contributed by atoms with Crippen LogP contribution in [0.2, 0.25) is 0 Å². The standard InChI is InChI=1S/C20H33N5O14/c26-10-12(19(36)37)21-14(28)5-24(8-17(32)33)3-1-23(7-16(30)31)2-4-25(9-18(34)35)6-15(29)22-13(11-27)20(38)39/h12-13,26-27H,1-11H2,(H,21,28)(H,22,29)(H,30,31)(H,32,33)(H,34,35)(H,36,37)(H,38,39). The number of rotatable bonds is 22. The van der Waals surface area contributed by atoms with Crippen LogP contribution in [0.15, 0.2) is 0 Å². The molecule has 0 aromatic carbocycles. The first-order chi connectivity index (χ1) is 18.2. The molecule has 19 nitrogen and oxygen atoms in total. The summed E-state index contributed by atoms with van der Waals surface area (Å²) in [5.41, 5.74) is 0. The Morgan fingerprint density at radius 1 is 0.487 bits per heavy atom. The number of aliphatic hydroxyl groups is 2. The van der Waals surface area contributed by atoms with E-state index in [1.54, 1.807) is 0 Å². The fourth-order valence-electron chi connectivity index (χ4n) is 3.09. The molecular formula is C20H33N5O14. The van der Waals surface area contributed by atoms with Crippen molar-refractivity contribution in [3.05, 3.63) is 0 Å². The molecule has 0 radical (unpaired) electrons. The highest BCUT2D eigenvalue weighted by atomic mass is 16.4. The van der Waals surface area contributed by atoms with Gasteiger partial charge in [-0.15, -0.1) is 0 Å². The normalized spacial score (nSPS) is 12.6. The van der Waals surface area contributed by atoms with Gasteiger partial charge in [-0.05, 0) is 0 Å². The van der Waals surface area contributed by atoms with Crippen molar-refractivity contribution in [2.24, 2.45) is 0 Å². The number of amides is 2. The number of nitrogens with zero attached hydrogens (tertiary/aromatic N) is 3. The van der Waals surface area contributed by atoms with Gasteiger partial charge in [0, 0.05) is 26.2 Å². The van der Waals surface area contributed by atoms with Crippen LogP contribution in [0.1, 0.15) is 0 Å². The second kappa shape index (κ2) is 18.4. The summed E-state index contributed by atoms with van der Waals surface area (Å²) in [6.45, 7) is -5.63. The molecule has 19 heteroatoms. The lowest BCUT2D eigenvalue weighted by atomic mass is 10.3. The SMILES string of the molecule is O=C(O)CN(CCN(CC(=O)O)CC(=O)NC(CO)C(=O)O)CCN(CC(=O)O)CC(=O)NC(CO)C(=O)O. The Labute approximate surface area is 221 Å². The number of nitrogens with one attached hydrogen (secondary N) is 2. The summed E-state index contributed by atoms with van der Waals surface area (Å²) in [6.07, 6.45) is 0. The molecule has 0 heterocycles. The second-order valence-corrected chi connectivity index (χ2v) is 8.16. The van der Waals surface area contributed by atoms with Crippen molar-refractivity contribution in [3.63, 3.8) is 0 Å². The molecule has 0 aliphatic heterocycles. The minimum atomic E-state index is -1.62. The maximum Gasteiger partial charge on any atom is 0.328 e. The lowest BCUT2D eigenvalue weighted by molar-refractivity contribution is -0.144. The highest BCUT2D eigenvalue weighted by Crippen LogP contribution is 1.98. The van der Waals surface area contributed by atoms with Gasteiger partial charge in [-0.3, -0.25) is 38.7 Å². The van der Waals surface area contributed by atoms with Crippen molar-refractivity contribution in [2.45, 2.75) is 12.1 Å². The molecule has 222 valence electrons. The Hall–Kier alpha value is -3.91. The summed E-state index contributed by atoms with van der Waals surface area (Å²) in [5, 5.41) is 67.3. The Morgan fingerprint density at radius 3 is 1.03 bits per heavy atom. The molecular weight excluding hydrogens is 534 g/mol. The number of carboxylic acids is 5. The Morgan fingerprint density at radius 2 is 0.769 bits per heavy atom. The van der Waals surface area contributed by atoms with Gasteiger partial charge in [0.1, 0.15) is 12.1 Å². The molecule has 2 atom stereocenters. The van der Waals surface area contributed by atoms with Crippen LogP contribution in [0.5, 0.6) is 0 Å². The second-order valence-electron chi connectivity index (χ2n) is 8.16. The van der Waals surface area contributed by atoms with E-state index in [0.29, 0.717) is 0 Å². The molecule has 0 saturated carbocycles. The number of aliphatic carboxylic acids is 5. The third-order valence-electron chi connectivity index (χ3n) is 4.91. The van der Waals surface area contributed by atoms with E-state index in [-0.39, 0.29) is 26.2 Å². The predicted octanol–water partition coefficient (Wildman–Crippen LogP) is -5.73. The largest absolute Gasteiger partial charge is 0.480 e. The monoisotopic (exact) mass is 567 g/mol. The van der Waals surface area contributed by atoms with Crippen LogP contribution < -0.4 is 10.6 Å². The highest BCUT2D eigenvalue weighted by Gasteiger charge is 2.24. The van der Waals surface area contributed by atoms with E-state index in [4.69, 9.17) is 30.6 Å². The molecule has 0 rings (SSSR count). The number of carbonyl (C=O) groups excluding carboxylic acids is 2. The van der Waals surface area contributed by atoms with Crippen molar-refractivity contribution in [3.8, 4) is 0 Å².